The monoisotopic (exact) mass is 306 g/mol. The molecule has 2 N–H and O–H groups in total. The van der Waals surface area contributed by atoms with Gasteiger partial charge in [0, 0.05) is 6.54 Å². The van der Waals surface area contributed by atoms with Gasteiger partial charge in [0.25, 0.3) is 0 Å². The highest BCUT2D eigenvalue weighted by atomic mass is 35.5. The van der Waals surface area contributed by atoms with Crippen molar-refractivity contribution in [2.45, 2.75) is 12.6 Å². The average Bonchev–Trinajstić information content (AvgIpc) is 2.95. The zero-order valence-corrected chi connectivity index (χ0v) is 11.9. The number of carbonyl (C=O) groups is 1. The molecule has 1 aliphatic rings. The Balaban J connectivity index is 1.90. The minimum atomic E-state index is -0.430. The quantitative estimate of drug-likeness (QED) is 0.947. The van der Waals surface area contributed by atoms with Gasteiger partial charge < -0.3 is 10.6 Å². The summed E-state index contributed by atoms with van der Waals surface area (Å²) in [6, 6.07) is 8.91. The first-order chi connectivity index (χ1) is 9.65. The number of aromatic nitrogens is 1. The SMILES string of the molecule is NC1=NC(=O)N(Cc2ccccc2)C1c1ncc(Cl)s1. The number of aliphatic imine (C=N–C) groups is 1. The van der Waals surface area contributed by atoms with Crippen molar-refractivity contribution in [1.82, 2.24) is 9.88 Å². The molecule has 102 valence electrons. The van der Waals surface area contributed by atoms with E-state index in [1.165, 1.54) is 11.3 Å². The van der Waals surface area contributed by atoms with Crippen molar-refractivity contribution in [2.24, 2.45) is 10.7 Å². The van der Waals surface area contributed by atoms with Crippen molar-refractivity contribution in [1.29, 1.82) is 0 Å². The van der Waals surface area contributed by atoms with Crippen LogP contribution in [0, 0.1) is 0 Å². The molecule has 2 amide bonds. The molecule has 7 heteroatoms. The first kappa shape index (κ1) is 13.1. The van der Waals surface area contributed by atoms with Gasteiger partial charge in [0.15, 0.2) is 0 Å². The fourth-order valence-corrected chi connectivity index (χ4v) is 3.15. The van der Waals surface area contributed by atoms with E-state index in [2.05, 4.69) is 9.98 Å². The van der Waals surface area contributed by atoms with Crippen LogP contribution in [-0.2, 0) is 6.54 Å². The van der Waals surface area contributed by atoms with Crippen LogP contribution >= 0.6 is 22.9 Å². The Kier molecular flexibility index (Phi) is 3.42. The van der Waals surface area contributed by atoms with Gasteiger partial charge in [-0.3, -0.25) is 0 Å². The number of nitrogens with two attached hydrogens (primary N) is 1. The number of benzene rings is 1. The van der Waals surface area contributed by atoms with Crippen molar-refractivity contribution in [2.75, 3.05) is 0 Å². The Morgan fingerprint density at radius 3 is 2.75 bits per heavy atom. The molecule has 2 aromatic rings. The molecule has 1 aliphatic heterocycles. The van der Waals surface area contributed by atoms with Crippen molar-refractivity contribution in [3.63, 3.8) is 0 Å². The van der Waals surface area contributed by atoms with Crippen LogP contribution < -0.4 is 5.73 Å². The normalized spacial score (nSPS) is 18.4. The number of carbonyl (C=O) groups excluding carboxylic acids is 1. The molecule has 0 radical (unpaired) electrons. The van der Waals surface area contributed by atoms with Crippen LogP contribution in [-0.4, -0.2) is 21.8 Å². The minimum Gasteiger partial charge on any atom is -0.385 e. The first-order valence-corrected chi connectivity index (χ1v) is 7.14. The van der Waals surface area contributed by atoms with E-state index in [0.29, 0.717) is 15.9 Å². The topological polar surface area (TPSA) is 71.6 Å². The molecule has 1 aromatic carbocycles. The summed E-state index contributed by atoms with van der Waals surface area (Å²) >= 11 is 7.21. The van der Waals surface area contributed by atoms with E-state index >= 15 is 0 Å². The Morgan fingerprint density at radius 1 is 1.35 bits per heavy atom. The Morgan fingerprint density at radius 2 is 2.10 bits per heavy atom. The van der Waals surface area contributed by atoms with Crippen molar-refractivity contribution >= 4 is 34.8 Å². The number of thiazole rings is 1. The maximum atomic E-state index is 12.0. The fraction of sp³-hybridized carbons (Fsp3) is 0.154. The molecule has 1 aromatic heterocycles. The molecule has 1 unspecified atom stereocenters. The predicted molar refractivity (Wildman–Crippen MR) is 78.9 cm³/mol. The van der Waals surface area contributed by atoms with Crippen molar-refractivity contribution in [3.8, 4) is 0 Å². The second-order valence-electron chi connectivity index (χ2n) is 4.34. The molecule has 0 spiro atoms. The summed E-state index contributed by atoms with van der Waals surface area (Å²) in [5, 5.41) is 0.679. The van der Waals surface area contributed by atoms with E-state index in [1.54, 1.807) is 11.1 Å². The maximum Gasteiger partial charge on any atom is 0.346 e. The second kappa shape index (κ2) is 5.22. The highest BCUT2D eigenvalue weighted by Crippen LogP contribution is 2.32. The lowest BCUT2D eigenvalue weighted by Crippen LogP contribution is -2.32. The van der Waals surface area contributed by atoms with E-state index in [-0.39, 0.29) is 11.9 Å². The van der Waals surface area contributed by atoms with Crippen LogP contribution in [0.15, 0.2) is 41.5 Å². The Hall–Kier alpha value is -1.92. The highest BCUT2D eigenvalue weighted by Gasteiger charge is 2.36. The molecule has 3 rings (SSSR count). The third-order valence-corrected chi connectivity index (χ3v) is 4.15. The number of rotatable bonds is 3. The van der Waals surface area contributed by atoms with Crippen LogP contribution in [0.1, 0.15) is 16.6 Å². The lowest BCUT2D eigenvalue weighted by atomic mass is 10.2. The molecule has 5 nitrogen and oxygen atoms in total. The summed E-state index contributed by atoms with van der Waals surface area (Å²) in [5.41, 5.74) is 6.88. The number of nitrogens with zero attached hydrogens (tertiary/aromatic N) is 3. The molecule has 0 saturated carbocycles. The van der Waals surface area contributed by atoms with Crippen LogP contribution in [0.5, 0.6) is 0 Å². The zero-order valence-electron chi connectivity index (χ0n) is 10.4. The smallest absolute Gasteiger partial charge is 0.346 e. The Bertz CT molecular complexity index is 670. The number of urea groups is 1. The molecule has 0 aliphatic carbocycles. The van der Waals surface area contributed by atoms with Crippen LogP contribution in [0.2, 0.25) is 4.34 Å². The first-order valence-electron chi connectivity index (χ1n) is 5.95. The number of amidine groups is 1. The van der Waals surface area contributed by atoms with E-state index in [4.69, 9.17) is 17.3 Å². The third-order valence-electron chi connectivity index (χ3n) is 2.99. The maximum absolute atomic E-state index is 12.0. The van der Waals surface area contributed by atoms with Gasteiger partial charge in [-0.25, -0.2) is 9.78 Å². The fourth-order valence-electron chi connectivity index (χ4n) is 2.10. The number of hydrogen-bond donors (Lipinski definition) is 1. The summed E-state index contributed by atoms with van der Waals surface area (Å²) in [6.07, 6.45) is 1.55. The van der Waals surface area contributed by atoms with E-state index < -0.39 is 6.04 Å². The summed E-state index contributed by atoms with van der Waals surface area (Å²) in [7, 11) is 0. The molecule has 1 atom stereocenters. The van der Waals surface area contributed by atoms with Crippen LogP contribution in [0.25, 0.3) is 0 Å². The van der Waals surface area contributed by atoms with Gasteiger partial charge in [0.05, 0.1) is 6.20 Å². The Labute approximate surface area is 124 Å². The molecule has 0 saturated heterocycles. The summed E-state index contributed by atoms with van der Waals surface area (Å²) in [6.45, 7) is 0.436. The largest absolute Gasteiger partial charge is 0.385 e. The van der Waals surface area contributed by atoms with Gasteiger partial charge >= 0.3 is 6.03 Å². The predicted octanol–water partition coefficient (Wildman–Crippen LogP) is 2.83. The van der Waals surface area contributed by atoms with Gasteiger partial charge in [-0.05, 0) is 5.56 Å². The van der Waals surface area contributed by atoms with E-state index in [1.807, 2.05) is 30.3 Å². The van der Waals surface area contributed by atoms with Gasteiger partial charge in [-0.2, -0.15) is 4.99 Å². The van der Waals surface area contributed by atoms with Gasteiger partial charge in [-0.15, -0.1) is 11.3 Å². The molecule has 20 heavy (non-hydrogen) atoms. The standard InChI is InChI=1S/C13H11ClN4OS/c14-9-6-16-12(20-9)10-11(15)17-13(19)18(10)7-8-4-2-1-3-5-8/h1-6,10H,7H2,(H2,15,17,19). The summed E-state index contributed by atoms with van der Waals surface area (Å²) in [4.78, 5) is 21.6. The molecular weight excluding hydrogens is 296 g/mol. The molecule has 2 heterocycles. The molecule has 0 bridgehead atoms. The van der Waals surface area contributed by atoms with Gasteiger partial charge in [0.2, 0.25) is 0 Å². The van der Waals surface area contributed by atoms with Gasteiger partial charge in [0.1, 0.15) is 21.2 Å². The van der Waals surface area contributed by atoms with Gasteiger partial charge in [-0.1, -0.05) is 41.9 Å². The van der Waals surface area contributed by atoms with Crippen molar-refractivity contribution < 1.29 is 4.79 Å². The minimum absolute atomic E-state index is 0.261. The highest BCUT2D eigenvalue weighted by molar-refractivity contribution is 7.16. The summed E-state index contributed by atoms with van der Waals surface area (Å²) < 4.78 is 0.562. The van der Waals surface area contributed by atoms with Crippen molar-refractivity contribution in [3.05, 3.63) is 51.4 Å². The number of halogens is 1. The number of hydrogen-bond acceptors (Lipinski definition) is 4. The van der Waals surface area contributed by atoms with E-state index in [0.717, 1.165) is 5.56 Å². The number of amides is 2. The average molecular weight is 307 g/mol. The van der Waals surface area contributed by atoms with Crippen LogP contribution in [0.3, 0.4) is 0 Å². The van der Waals surface area contributed by atoms with E-state index in [9.17, 15) is 4.79 Å². The lowest BCUT2D eigenvalue weighted by molar-refractivity contribution is 0.203. The molecule has 0 fully saturated rings. The zero-order chi connectivity index (χ0) is 14.1. The second-order valence-corrected chi connectivity index (χ2v) is 6.03. The van der Waals surface area contributed by atoms with Crippen LogP contribution in [0.4, 0.5) is 4.79 Å². The lowest BCUT2D eigenvalue weighted by Gasteiger charge is -2.22. The third kappa shape index (κ3) is 2.39. The molecular formula is C13H11ClN4OS. The summed E-state index contributed by atoms with van der Waals surface area (Å²) in [5.74, 6) is 0.261.